The van der Waals surface area contributed by atoms with Gasteiger partial charge in [0.1, 0.15) is 11.6 Å². The smallest absolute Gasteiger partial charge is 0.243 e. The fourth-order valence-electron chi connectivity index (χ4n) is 2.59. The number of halogens is 1. The number of sulfonamides is 1. The van der Waals surface area contributed by atoms with Crippen LogP contribution in [0.5, 0.6) is 0 Å². The first kappa shape index (κ1) is 14.2. The van der Waals surface area contributed by atoms with Gasteiger partial charge in [-0.2, -0.15) is 4.31 Å². The lowest BCUT2D eigenvalue weighted by molar-refractivity contribution is 0.470. The third-order valence-corrected chi connectivity index (χ3v) is 5.56. The van der Waals surface area contributed by atoms with E-state index >= 15 is 0 Å². The molecule has 1 N–H and O–H groups in total. The van der Waals surface area contributed by atoms with Gasteiger partial charge in [-0.1, -0.05) is 6.07 Å². The molecule has 2 heterocycles. The van der Waals surface area contributed by atoms with Crippen LogP contribution in [-0.2, 0) is 10.0 Å². The lowest BCUT2D eigenvalue weighted by atomic mass is 10.1. The molecule has 1 aliphatic heterocycles. The van der Waals surface area contributed by atoms with Crippen LogP contribution in [0.2, 0.25) is 0 Å². The number of aromatic nitrogens is 2. The van der Waals surface area contributed by atoms with Gasteiger partial charge in [-0.3, -0.25) is 0 Å². The fraction of sp³-hybridized carbons (Fsp3) is 0.357. The molecule has 1 fully saturated rings. The van der Waals surface area contributed by atoms with E-state index in [4.69, 9.17) is 0 Å². The number of benzene rings is 1. The largest absolute Gasteiger partial charge is 0.346 e. The van der Waals surface area contributed by atoms with Gasteiger partial charge in [-0.25, -0.2) is 17.8 Å². The van der Waals surface area contributed by atoms with Crippen LogP contribution in [0.15, 0.2) is 35.4 Å². The Morgan fingerprint density at radius 1 is 1.43 bits per heavy atom. The van der Waals surface area contributed by atoms with Crippen molar-refractivity contribution in [1.29, 1.82) is 0 Å². The van der Waals surface area contributed by atoms with E-state index in [2.05, 4.69) is 9.97 Å². The summed E-state index contributed by atoms with van der Waals surface area (Å²) < 4.78 is 39.6. The molecule has 0 spiro atoms. The molecule has 3 rings (SSSR count). The lowest BCUT2D eigenvalue weighted by Gasteiger charge is -2.16. The van der Waals surface area contributed by atoms with E-state index in [1.807, 2.05) is 6.92 Å². The number of nitrogens with zero attached hydrogens (tertiary/aromatic N) is 2. The first-order chi connectivity index (χ1) is 9.96. The Balaban J connectivity index is 1.82. The van der Waals surface area contributed by atoms with Gasteiger partial charge in [0.2, 0.25) is 10.0 Å². The number of hydrogen-bond donors (Lipinski definition) is 1. The number of nitrogens with one attached hydrogen (secondary N) is 1. The van der Waals surface area contributed by atoms with Gasteiger partial charge in [0.05, 0.1) is 4.90 Å². The Labute approximate surface area is 122 Å². The summed E-state index contributed by atoms with van der Waals surface area (Å²) in [6, 6.07) is 5.12. The van der Waals surface area contributed by atoms with Gasteiger partial charge in [0, 0.05) is 30.9 Å². The zero-order valence-electron chi connectivity index (χ0n) is 11.6. The summed E-state index contributed by atoms with van der Waals surface area (Å²) >= 11 is 0. The normalized spacial score (nSPS) is 20.0. The molecule has 1 aromatic carbocycles. The van der Waals surface area contributed by atoms with Crippen LogP contribution in [0.4, 0.5) is 4.39 Å². The Bertz CT molecular complexity index is 757. The average molecular weight is 309 g/mol. The van der Waals surface area contributed by atoms with Crippen LogP contribution in [-0.4, -0.2) is 35.8 Å². The van der Waals surface area contributed by atoms with Gasteiger partial charge in [-0.05, 0) is 31.5 Å². The Morgan fingerprint density at radius 2 is 2.24 bits per heavy atom. The van der Waals surface area contributed by atoms with Gasteiger partial charge < -0.3 is 4.98 Å². The predicted octanol–water partition coefficient (Wildman–Crippen LogP) is 2.04. The second kappa shape index (κ2) is 5.23. The van der Waals surface area contributed by atoms with Crippen LogP contribution >= 0.6 is 0 Å². The third-order valence-electron chi connectivity index (χ3n) is 3.69. The molecular formula is C14H16FN3O2S. The highest BCUT2D eigenvalue weighted by Crippen LogP contribution is 2.29. The highest BCUT2D eigenvalue weighted by Gasteiger charge is 2.34. The van der Waals surface area contributed by atoms with E-state index in [1.165, 1.54) is 22.5 Å². The van der Waals surface area contributed by atoms with E-state index in [-0.39, 0.29) is 10.8 Å². The van der Waals surface area contributed by atoms with Crippen molar-refractivity contribution in [1.82, 2.24) is 14.3 Å². The first-order valence-corrected chi connectivity index (χ1v) is 8.18. The van der Waals surface area contributed by atoms with Crippen molar-refractivity contribution in [2.24, 2.45) is 0 Å². The molecular weight excluding hydrogens is 293 g/mol. The fourth-order valence-corrected chi connectivity index (χ4v) is 4.12. The average Bonchev–Trinajstić information content (AvgIpc) is 3.07. The molecule has 5 nitrogen and oxygen atoms in total. The van der Waals surface area contributed by atoms with Crippen molar-refractivity contribution in [3.8, 4) is 0 Å². The number of aryl methyl sites for hydroxylation is 1. The monoisotopic (exact) mass is 309 g/mol. The summed E-state index contributed by atoms with van der Waals surface area (Å²) in [5.41, 5.74) is 0.955. The van der Waals surface area contributed by atoms with Crippen LogP contribution in [0.25, 0.3) is 0 Å². The number of aromatic amines is 1. The summed E-state index contributed by atoms with van der Waals surface area (Å²) in [5, 5.41) is 0. The summed E-state index contributed by atoms with van der Waals surface area (Å²) in [4.78, 5) is 7.41. The Kier molecular flexibility index (Phi) is 3.54. The molecule has 7 heteroatoms. The zero-order chi connectivity index (χ0) is 15.0. The molecule has 112 valence electrons. The molecule has 0 unspecified atom stereocenters. The number of imidazole rings is 1. The van der Waals surface area contributed by atoms with Gasteiger partial charge in [0.25, 0.3) is 0 Å². The second-order valence-electron chi connectivity index (χ2n) is 5.26. The summed E-state index contributed by atoms with van der Waals surface area (Å²) in [7, 11) is -3.64. The summed E-state index contributed by atoms with van der Waals surface area (Å²) in [6.07, 6.45) is 2.45. The molecule has 0 radical (unpaired) electrons. The highest BCUT2D eigenvalue weighted by atomic mass is 32.2. The first-order valence-electron chi connectivity index (χ1n) is 6.74. The SMILES string of the molecule is Cc1cnc([C@H]2CCN(S(=O)(=O)c3cccc(F)c3)C2)[nH]1. The van der Waals surface area contributed by atoms with E-state index in [9.17, 15) is 12.8 Å². The topological polar surface area (TPSA) is 66.1 Å². The van der Waals surface area contributed by atoms with Gasteiger partial charge in [-0.15, -0.1) is 0 Å². The predicted molar refractivity (Wildman–Crippen MR) is 75.8 cm³/mol. The highest BCUT2D eigenvalue weighted by molar-refractivity contribution is 7.89. The van der Waals surface area contributed by atoms with Crippen molar-refractivity contribution in [3.05, 3.63) is 47.8 Å². The van der Waals surface area contributed by atoms with Crippen LogP contribution < -0.4 is 0 Å². The van der Waals surface area contributed by atoms with Crippen molar-refractivity contribution in [2.45, 2.75) is 24.2 Å². The quantitative estimate of drug-likeness (QED) is 0.943. The van der Waals surface area contributed by atoms with Crippen LogP contribution in [0, 0.1) is 12.7 Å². The minimum absolute atomic E-state index is 0.00113. The van der Waals surface area contributed by atoms with Crippen molar-refractivity contribution >= 4 is 10.0 Å². The molecule has 1 aliphatic rings. The second-order valence-corrected chi connectivity index (χ2v) is 7.20. The van der Waals surface area contributed by atoms with Crippen molar-refractivity contribution < 1.29 is 12.8 Å². The van der Waals surface area contributed by atoms with E-state index < -0.39 is 15.8 Å². The standard InChI is InChI=1S/C14H16FN3O2S/c1-10-8-16-14(17-10)11-5-6-18(9-11)21(19,20)13-4-2-3-12(15)7-13/h2-4,7-8,11H,5-6,9H2,1H3,(H,16,17)/t11-/m0/s1. The molecule has 0 bridgehead atoms. The summed E-state index contributed by atoms with van der Waals surface area (Å²) in [6.45, 7) is 2.70. The van der Waals surface area contributed by atoms with E-state index in [0.29, 0.717) is 19.5 Å². The van der Waals surface area contributed by atoms with Gasteiger partial charge in [0.15, 0.2) is 0 Å². The molecule has 0 aliphatic carbocycles. The molecule has 2 aromatic rings. The third kappa shape index (κ3) is 2.71. The number of hydrogen-bond acceptors (Lipinski definition) is 3. The molecule has 0 saturated carbocycles. The molecule has 1 atom stereocenters. The minimum atomic E-state index is -3.64. The maximum Gasteiger partial charge on any atom is 0.243 e. The van der Waals surface area contributed by atoms with E-state index in [0.717, 1.165) is 17.6 Å². The molecule has 1 saturated heterocycles. The maximum absolute atomic E-state index is 13.2. The van der Waals surface area contributed by atoms with Gasteiger partial charge >= 0.3 is 0 Å². The Hall–Kier alpha value is -1.73. The number of H-pyrrole nitrogens is 1. The zero-order valence-corrected chi connectivity index (χ0v) is 12.4. The number of rotatable bonds is 3. The Morgan fingerprint density at radius 3 is 2.90 bits per heavy atom. The van der Waals surface area contributed by atoms with E-state index in [1.54, 1.807) is 6.20 Å². The maximum atomic E-state index is 13.2. The summed E-state index contributed by atoms with van der Waals surface area (Å²) in [5.74, 6) is 0.319. The molecule has 1 aromatic heterocycles. The van der Waals surface area contributed by atoms with Crippen molar-refractivity contribution in [2.75, 3.05) is 13.1 Å². The minimum Gasteiger partial charge on any atom is -0.346 e. The van der Waals surface area contributed by atoms with Crippen LogP contribution in [0.3, 0.4) is 0 Å². The van der Waals surface area contributed by atoms with Crippen LogP contribution in [0.1, 0.15) is 23.9 Å². The molecule has 0 amide bonds. The molecule has 21 heavy (non-hydrogen) atoms. The van der Waals surface area contributed by atoms with Crippen molar-refractivity contribution in [3.63, 3.8) is 0 Å². The lowest BCUT2D eigenvalue weighted by Crippen LogP contribution is -2.28.